The quantitative estimate of drug-likeness (QED) is 0.272. The van der Waals surface area contributed by atoms with Crippen LogP contribution in [-0.4, -0.2) is 50.7 Å². The second kappa shape index (κ2) is 12.2. The molecule has 0 fully saturated rings. The van der Waals surface area contributed by atoms with E-state index in [1.165, 1.54) is 24.1 Å². The maximum atomic E-state index is 10.8. The number of carbonyl (C=O) groups is 1. The van der Waals surface area contributed by atoms with E-state index in [-0.39, 0.29) is 5.56 Å². The first-order valence-corrected chi connectivity index (χ1v) is 9.33. The highest BCUT2D eigenvalue weighted by Gasteiger charge is 2.02. The average molecular weight is 392 g/mol. The summed E-state index contributed by atoms with van der Waals surface area (Å²) in [6.07, 6.45) is 0. The molecule has 8 heteroatoms. The zero-order valence-electron chi connectivity index (χ0n) is 14.9. The van der Waals surface area contributed by atoms with Gasteiger partial charge in [0.25, 0.3) is 0 Å². The van der Waals surface area contributed by atoms with Crippen molar-refractivity contribution in [3.63, 3.8) is 0 Å². The maximum absolute atomic E-state index is 10.8. The molecule has 0 aliphatic heterocycles. The highest BCUT2D eigenvalue weighted by Crippen LogP contribution is 2.15. The number of nitrogens with two attached hydrogens (primary N) is 1. The topological polar surface area (TPSA) is 103 Å². The first kappa shape index (κ1) is 21.0. The predicted octanol–water partition coefficient (Wildman–Crippen LogP) is 2.68. The lowest BCUT2D eigenvalue weighted by atomic mass is 10.2. The molecule has 0 saturated carbocycles. The number of hydrogen-bond donors (Lipinski definition) is 3. The van der Waals surface area contributed by atoms with Crippen LogP contribution in [0.1, 0.15) is 10.4 Å². The number of nitrogen functional groups attached to an aromatic ring is 1. The van der Waals surface area contributed by atoms with Crippen LogP contribution in [0.25, 0.3) is 0 Å². The van der Waals surface area contributed by atoms with Crippen LogP contribution >= 0.6 is 11.9 Å². The largest absolute Gasteiger partial charge is 0.491 e. The van der Waals surface area contributed by atoms with Crippen LogP contribution in [0.2, 0.25) is 0 Å². The van der Waals surface area contributed by atoms with E-state index in [4.69, 9.17) is 25.1 Å². The van der Waals surface area contributed by atoms with Crippen LogP contribution in [0.3, 0.4) is 0 Å². The predicted molar refractivity (Wildman–Crippen MR) is 105 cm³/mol. The smallest absolute Gasteiger partial charge is 0.335 e. The Labute approximate surface area is 162 Å². The molecule has 0 unspecified atom stereocenters. The van der Waals surface area contributed by atoms with Gasteiger partial charge >= 0.3 is 5.97 Å². The molecule has 0 heterocycles. The summed E-state index contributed by atoms with van der Waals surface area (Å²) in [6, 6.07) is 13.9. The van der Waals surface area contributed by atoms with Crippen molar-refractivity contribution in [1.29, 1.82) is 0 Å². The third-order valence-electron chi connectivity index (χ3n) is 3.39. The molecule has 0 saturated heterocycles. The van der Waals surface area contributed by atoms with Gasteiger partial charge in [-0.1, -0.05) is 0 Å². The van der Waals surface area contributed by atoms with E-state index in [1.54, 1.807) is 12.1 Å². The van der Waals surface area contributed by atoms with E-state index >= 15 is 0 Å². The SMILES string of the molecule is Nc1ccc(SNCCOCCOCCOc2ccc(C(=O)O)cc2)cc1. The zero-order chi connectivity index (χ0) is 19.3. The van der Waals surface area contributed by atoms with Crippen molar-refractivity contribution < 1.29 is 24.1 Å². The summed E-state index contributed by atoms with van der Waals surface area (Å²) in [4.78, 5) is 11.9. The van der Waals surface area contributed by atoms with Gasteiger partial charge in [0.2, 0.25) is 0 Å². The number of nitrogens with one attached hydrogen (secondary N) is 1. The summed E-state index contributed by atoms with van der Waals surface area (Å²) in [7, 11) is 0. The molecule has 146 valence electrons. The highest BCUT2D eigenvalue weighted by molar-refractivity contribution is 7.97. The summed E-state index contributed by atoms with van der Waals surface area (Å²) < 4.78 is 19.6. The number of hydrogen-bond acceptors (Lipinski definition) is 7. The van der Waals surface area contributed by atoms with Gasteiger partial charge in [-0.15, -0.1) is 0 Å². The Balaban J connectivity index is 1.40. The van der Waals surface area contributed by atoms with Crippen molar-refractivity contribution in [2.24, 2.45) is 0 Å². The molecular formula is C19H24N2O5S. The lowest BCUT2D eigenvalue weighted by Crippen LogP contribution is -2.16. The molecule has 0 amide bonds. The van der Waals surface area contributed by atoms with Crippen LogP contribution in [0.4, 0.5) is 5.69 Å². The number of carboxylic acid groups (broad SMARTS) is 1. The van der Waals surface area contributed by atoms with Crippen LogP contribution in [0.5, 0.6) is 5.75 Å². The second-order valence-electron chi connectivity index (χ2n) is 5.47. The molecule has 27 heavy (non-hydrogen) atoms. The van der Waals surface area contributed by atoms with E-state index < -0.39 is 5.97 Å². The molecule has 2 rings (SSSR count). The second-order valence-corrected chi connectivity index (χ2v) is 6.43. The number of aromatic carboxylic acids is 1. The van der Waals surface area contributed by atoms with Gasteiger partial charge in [0.15, 0.2) is 0 Å². The summed E-state index contributed by atoms with van der Waals surface area (Å²) >= 11 is 1.54. The molecule has 7 nitrogen and oxygen atoms in total. The lowest BCUT2D eigenvalue weighted by molar-refractivity contribution is 0.0383. The number of benzene rings is 2. The van der Waals surface area contributed by atoms with Gasteiger partial charge < -0.3 is 25.1 Å². The van der Waals surface area contributed by atoms with E-state index in [2.05, 4.69) is 4.72 Å². The molecule has 2 aromatic rings. The van der Waals surface area contributed by atoms with E-state index in [9.17, 15) is 4.79 Å². The molecule has 0 bridgehead atoms. The Morgan fingerprint density at radius 3 is 2.22 bits per heavy atom. The third-order valence-corrected chi connectivity index (χ3v) is 4.24. The molecule has 2 aromatic carbocycles. The van der Waals surface area contributed by atoms with Gasteiger partial charge in [0.1, 0.15) is 12.4 Å². The first-order chi connectivity index (χ1) is 13.1. The molecule has 0 radical (unpaired) electrons. The minimum atomic E-state index is -0.955. The molecular weight excluding hydrogens is 368 g/mol. The number of anilines is 1. The molecule has 0 spiro atoms. The standard InChI is InChI=1S/C19H24N2O5S/c20-16-3-7-18(8-4-16)27-21-9-10-24-11-12-25-13-14-26-17-5-1-15(2-6-17)19(22)23/h1-8,21H,9-14,20H2,(H,22,23). The first-order valence-electron chi connectivity index (χ1n) is 8.52. The van der Waals surface area contributed by atoms with Crippen LogP contribution < -0.4 is 15.2 Å². The maximum Gasteiger partial charge on any atom is 0.335 e. The van der Waals surface area contributed by atoms with Gasteiger partial charge in [-0.2, -0.15) is 0 Å². The van der Waals surface area contributed by atoms with Crippen molar-refractivity contribution in [2.75, 3.05) is 45.3 Å². The Bertz CT molecular complexity index is 680. The number of ether oxygens (including phenoxy) is 3. The normalized spacial score (nSPS) is 10.7. The molecule has 0 atom stereocenters. The van der Waals surface area contributed by atoms with Crippen molar-refractivity contribution in [3.8, 4) is 5.75 Å². The Hall–Kier alpha value is -2.26. The summed E-state index contributed by atoms with van der Waals surface area (Å²) in [6.45, 7) is 3.16. The number of rotatable bonds is 13. The van der Waals surface area contributed by atoms with Gasteiger partial charge in [-0.25, -0.2) is 4.79 Å². The molecule has 0 aliphatic rings. The van der Waals surface area contributed by atoms with Crippen molar-refractivity contribution >= 4 is 23.6 Å². The van der Waals surface area contributed by atoms with Crippen LogP contribution in [0, 0.1) is 0 Å². The number of carboxylic acids is 1. The van der Waals surface area contributed by atoms with Crippen molar-refractivity contribution in [1.82, 2.24) is 4.72 Å². The van der Waals surface area contributed by atoms with Gasteiger partial charge in [-0.05, 0) is 60.5 Å². The monoisotopic (exact) mass is 392 g/mol. The van der Waals surface area contributed by atoms with E-state index in [1.807, 2.05) is 24.3 Å². The van der Waals surface area contributed by atoms with Gasteiger partial charge in [-0.3, -0.25) is 4.72 Å². The Kier molecular flexibility index (Phi) is 9.50. The molecule has 0 aromatic heterocycles. The Morgan fingerprint density at radius 1 is 0.926 bits per heavy atom. The summed E-state index contributed by atoms with van der Waals surface area (Å²) in [5.74, 6) is -0.339. The molecule has 4 N–H and O–H groups in total. The van der Waals surface area contributed by atoms with Gasteiger partial charge in [0, 0.05) is 17.1 Å². The summed E-state index contributed by atoms with van der Waals surface area (Å²) in [5, 5.41) is 8.82. The van der Waals surface area contributed by atoms with E-state index in [0.717, 1.165) is 17.1 Å². The fourth-order valence-corrected chi connectivity index (χ4v) is 2.64. The third kappa shape index (κ3) is 8.78. The molecule has 0 aliphatic carbocycles. The Morgan fingerprint density at radius 2 is 1.56 bits per heavy atom. The minimum absolute atomic E-state index is 0.233. The fraction of sp³-hybridized carbons (Fsp3) is 0.316. The minimum Gasteiger partial charge on any atom is -0.491 e. The van der Waals surface area contributed by atoms with Crippen molar-refractivity contribution in [2.45, 2.75) is 4.90 Å². The summed E-state index contributed by atoms with van der Waals surface area (Å²) in [5.41, 5.74) is 6.62. The average Bonchev–Trinajstić information content (AvgIpc) is 2.68. The highest BCUT2D eigenvalue weighted by atomic mass is 32.2. The van der Waals surface area contributed by atoms with Crippen LogP contribution in [0.15, 0.2) is 53.4 Å². The lowest BCUT2D eigenvalue weighted by Gasteiger charge is -2.08. The van der Waals surface area contributed by atoms with Crippen molar-refractivity contribution in [3.05, 3.63) is 54.1 Å². The fourth-order valence-electron chi connectivity index (χ4n) is 2.02. The van der Waals surface area contributed by atoms with Crippen LogP contribution in [-0.2, 0) is 9.47 Å². The van der Waals surface area contributed by atoms with E-state index in [0.29, 0.717) is 38.8 Å². The van der Waals surface area contributed by atoms with Gasteiger partial charge in [0.05, 0.1) is 32.0 Å². The zero-order valence-corrected chi connectivity index (χ0v) is 15.7.